The summed E-state index contributed by atoms with van der Waals surface area (Å²) in [6, 6.07) is 3.50. The Balaban J connectivity index is 3.12. The first-order valence-electron chi connectivity index (χ1n) is 5.16. The van der Waals surface area contributed by atoms with Crippen molar-refractivity contribution in [1.29, 1.82) is 5.26 Å². The van der Waals surface area contributed by atoms with Gasteiger partial charge in [-0.2, -0.15) is 5.26 Å². The summed E-state index contributed by atoms with van der Waals surface area (Å²) in [6.07, 6.45) is -3.33. The fourth-order valence-corrected chi connectivity index (χ4v) is 1.44. The molecule has 0 unspecified atom stereocenters. The van der Waals surface area contributed by atoms with Gasteiger partial charge in [0.15, 0.2) is 0 Å². The van der Waals surface area contributed by atoms with Crippen LogP contribution < -0.4 is 0 Å². The predicted octanol–water partition coefficient (Wildman–Crippen LogP) is 2.74. The van der Waals surface area contributed by atoms with Gasteiger partial charge in [0, 0.05) is 0 Å². The number of alkyl halides is 2. The van der Waals surface area contributed by atoms with Crippen molar-refractivity contribution in [2.75, 3.05) is 6.61 Å². The molecule has 0 atom stereocenters. The minimum atomic E-state index is -3.01. The van der Waals surface area contributed by atoms with E-state index in [1.165, 1.54) is 6.07 Å². The quantitative estimate of drug-likeness (QED) is 0.779. The number of benzene rings is 1. The molecule has 0 radical (unpaired) electrons. The normalized spacial score (nSPS) is 10.2. The number of esters is 1. The van der Waals surface area contributed by atoms with Gasteiger partial charge in [0.1, 0.15) is 11.9 Å². The van der Waals surface area contributed by atoms with Gasteiger partial charge in [-0.05, 0) is 12.5 Å². The van der Waals surface area contributed by atoms with E-state index in [4.69, 9.17) is 5.26 Å². The third kappa shape index (κ3) is 3.00. The van der Waals surface area contributed by atoms with Crippen LogP contribution in [-0.4, -0.2) is 12.6 Å². The molecule has 0 saturated heterocycles. The summed E-state index contributed by atoms with van der Waals surface area (Å²) in [7, 11) is 0. The minimum absolute atomic E-state index is 0.0397. The lowest BCUT2D eigenvalue weighted by Crippen LogP contribution is -2.10. The van der Waals surface area contributed by atoms with E-state index in [1.807, 2.05) is 0 Å². The first-order valence-corrected chi connectivity index (χ1v) is 5.16. The van der Waals surface area contributed by atoms with Crippen molar-refractivity contribution in [2.24, 2.45) is 0 Å². The van der Waals surface area contributed by atoms with Gasteiger partial charge >= 0.3 is 5.97 Å². The highest BCUT2D eigenvalue weighted by Gasteiger charge is 2.20. The molecule has 0 aliphatic rings. The fraction of sp³-hybridized carbons (Fsp3) is 0.333. The van der Waals surface area contributed by atoms with E-state index in [0.717, 1.165) is 12.1 Å². The standard InChI is InChI=1S/C12H10F3NO2/c1-2-18-10(17)5-7-3-4-8(12(14)15)11(13)9(7)6-16/h3-4,12H,2,5H2,1H3. The lowest BCUT2D eigenvalue weighted by atomic mass is 10.0. The molecule has 0 bridgehead atoms. The van der Waals surface area contributed by atoms with Gasteiger partial charge in [0.25, 0.3) is 6.43 Å². The van der Waals surface area contributed by atoms with E-state index in [0.29, 0.717) is 0 Å². The first-order chi connectivity index (χ1) is 8.51. The van der Waals surface area contributed by atoms with Crippen LogP contribution in [0.15, 0.2) is 12.1 Å². The first kappa shape index (κ1) is 14.0. The van der Waals surface area contributed by atoms with Crippen LogP contribution in [0.2, 0.25) is 0 Å². The molecule has 0 fully saturated rings. The summed E-state index contributed by atoms with van der Waals surface area (Å²) in [5.74, 6) is -1.92. The molecule has 96 valence electrons. The second-order valence-electron chi connectivity index (χ2n) is 3.40. The topological polar surface area (TPSA) is 50.1 Å². The summed E-state index contributed by atoms with van der Waals surface area (Å²) in [4.78, 5) is 11.2. The SMILES string of the molecule is CCOC(=O)Cc1ccc(C(F)F)c(F)c1C#N. The third-order valence-electron chi connectivity index (χ3n) is 2.25. The molecule has 1 aromatic carbocycles. The van der Waals surface area contributed by atoms with Gasteiger partial charge in [0.05, 0.1) is 24.2 Å². The summed E-state index contributed by atoms with van der Waals surface area (Å²) < 4.78 is 43.0. The molecule has 3 nitrogen and oxygen atoms in total. The van der Waals surface area contributed by atoms with Crippen molar-refractivity contribution in [1.82, 2.24) is 0 Å². The number of carbonyl (C=O) groups excluding carboxylic acids is 1. The van der Waals surface area contributed by atoms with Crippen LogP contribution in [-0.2, 0) is 16.0 Å². The van der Waals surface area contributed by atoms with E-state index >= 15 is 0 Å². The van der Waals surface area contributed by atoms with Crippen molar-refractivity contribution >= 4 is 5.97 Å². The Morgan fingerprint density at radius 2 is 2.17 bits per heavy atom. The summed E-state index contributed by atoms with van der Waals surface area (Å²) >= 11 is 0. The lowest BCUT2D eigenvalue weighted by molar-refractivity contribution is -0.142. The van der Waals surface area contributed by atoms with Crippen LogP contribution in [0.25, 0.3) is 0 Å². The second-order valence-corrected chi connectivity index (χ2v) is 3.40. The van der Waals surface area contributed by atoms with Crippen molar-refractivity contribution in [3.8, 4) is 6.07 Å². The minimum Gasteiger partial charge on any atom is -0.466 e. The molecule has 0 amide bonds. The van der Waals surface area contributed by atoms with E-state index in [9.17, 15) is 18.0 Å². The van der Waals surface area contributed by atoms with Crippen LogP contribution in [0.1, 0.15) is 30.0 Å². The molecule has 0 saturated carbocycles. The zero-order valence-corrected chi connectivity index (χ0v) is 9.54. The maximum atomic E-state index is 13.6. The second kappa shape index (κ2) is 6.05. The van der Waals surface area contributed by atoms with Gasteiger partial charge in [0.2, 0.25) is 0 Å². The van der Waals surface area contributed by atoms with E-state index in [-0.39, 0.29) is 18.6 Å². The molecule has 0 aliphatic heterocycles. The highest BCUT2D eigenvalue weighted by atomic mass is 19.3. The average Bonchev–Trinajstić information content (AvgIpc) is 2.29. The lowest BCUT2D eigenvalue weighted by Gasteiger charge is -2.08. The maximum Gasteiger partial charge on any atom is 0.310 e. The van der Waals surface area contributed by atoms with Crippen LogP contribution in [0.5, 0.6) is 0 Å². The molecule has 0 heterocycles. The number of nitriles is 1. The molecule has 0 spiro atoms. The Hall–Kier alpha value is -2.03. The molecular formula is C12H10F3NO2. The Morgan fingerprint density at radius 1 is 1.50 bits per heavy atom. The summed E-state index contributed by atoms with van der Waals surface area (Å²) in [5, 5.41) is 8.76. The number of rotatable bonds is 4. The van der Waals surface area contributed by atoms with Crippen molar-refractivity contribution < 1.29 is 22.7 Å². The smallest absolute Gasteiger partial charge is 0.310 e. The van der Waals surface area contributed by atoms with Crippen LogP contribution in [0.3, 0.4) is 0 Å². The summed E-state index contributed by atoms with van der Waals surface area (Å²) in [5.41, 5.74) is -1.35. The zero-order valence-electron chi connectivity index (χ0n) is 9.54. The van der Waals surface area contributed by atoms with Crippen molar-refractivity contribution in [3.63, 3.8) is 0 Å². The average molecular weight is 257 g/mol. The van der Waals surface area contributed by atoms with Gasteiger partial charge in [-0.1, -0.05) is 12.1 Å². The van der Waals surface area contributed by atoms with Crippen LogP contribution >= 0.6 is 0 Å². The monoisotopic (exact) mass is 257 g/mol. The molecule has 0 aromatic heterocycles. The largest absolute Gasteiger partial charge is 0.466 e. The number of nitrogens with zero attached hydrogens (tertiary/aromatic N) is 1. The Bertz CT molecular complexity index is 495. The van der Waals surface area contributed by atoms with Gasteiger partial charge in [-0.15, -0.1) is 0 Å². The number of ether oxygens (including phenoxy) is 1. The maximum absolute atomic E-state index is 13.6. The van der Waals surface area contributed by atoms with Crippen molar-refractivity contribution in [2.45, 2.75) is 19.8 Å². The molecule has 6 heteroatoms. The predicted molar refractivity (Wildman–Crippen MR) is 56.4 cm³/mol. The molecule has 1 aromatic rings. The van der Waals surface area contributed by atoms with Crippen LogP contribution in [0.4, 0.5) is 13.2 Å². The zero-order chi connectivity index (χ0) is 13.7. The van der Waals surface area contributed by atoms with E-state index < -0.39 is 29.3 Å². The van der Waals surface area contributed by atoms with Gasteiger partial charge in [-0.3, -0.25) is 4.79 Å². The Labute approximate surface area is 102 Å². The number of halogens is 3. The number of hydrogen-bond acceptors (Lipinski definition) is 3. The highest BCUT2D eigenvalue weighted by molar-refractivity contribution is 5.73. The van der Waals surface area contributed by atoms with E-state index in [2.05, 4.69) is 4.74 Å². The molecule has 1 rings (SSSR count). The van der Waals surface area contributed by atoms with Gasteiger partial charge in [-0.25, -0.2) is 13.2 Å². The number of carbonyl (C=O) groups is 1. The molecule has 0 N–H and O–H groups in total. The van der Waals surface area contributed by atoms with Crippen LogP contribution in [0, 0.1) is 17.1 Å². The summed E-state index contributed by atoms with van der Waals surface area (Å²) in [6.45, 7) is 1.75. The fourth-order valence-electron chi connectivity index (χ4n) is 1.44. The van der Waals surface area contributed by atoms with Crippen molar-refractivity contribution in [3.05, 3.63) is 34.6 Å². The molecule has 0 aliphatic carbocycles. The highest BCUT2D eigenvalue weighted by Crippen LogP contribution is 2.26. The Kier molecular flexibility index (Phi) is 4.72. The molecule has 18 heavy (non-hydrogen) atoms. The Morgan fingerprint density at radius 3 is 2.67 bits per heavy atom. The third-order valence-corrected chi connectivity index (χ3v) is 2.25. The van der Waals surface area contributed by atoms with E-state index in [1.54, 1.807) is 6.92 Å². The molecular weight excluding hydrogens is 247 g/mol. The number of hydrogen-bond donors (Lipinski definition) is 0. The van der Waals surface area contributed by atoms with Gasteiger partial charge < -0.3 is 4.74 Å².